The zero-order chi connectivity index (χ0) is 17.2. The number of alkyl carbamates (subject to hydrolysis) is 1. The Morgan fingerprint density at radius 1 is 1.20 bits per heavy atom. The van der Waals surface area contributed by atoms with Gasteiger partial charge in [0.05, 0.1) is 19.1 Å². The monoisotopic (exact) mass is 338 g/mol. The van der Waals surface area contributed by atoms with Crippen LogP contribution < -0.4 is 5.32 Å². The zero-order valence-corrected chi connectivity index (χ0v) is 13.2. The first-order valence-electron chi connectivity index (χ1n) is 7.96. The van der Waals surface area contributed by atoms with Crippen molar-refractivity contribution < 1.29 is 18.7 Å². The Hall–Kier alpha value is -2.91. The average Bonchev–Trinajstić information content (AvgIpc) is 2.96. The van der Waals surface area contributed by atoms with Crippen molar-refractivity contribution in [3.8, 4) is 11.8 Å². The van der Waals surface area contributed by atoms with E-state index in [-0.39, 0.29) is 11.7 Å². The molecule has 6 heteroatoms. The molecular formula is C19H15FN2O3. The standard InChI is InChI=1S/C19H15FN2O3/c20-16-3-1-2-14(7-16)18-17(22-19(23)25-18)15-6-12(8-21-9-15)4-5-13-10-24-11-13/h1-3,6-9,13,17-18H,10-11H2,(H,22,23)/t17-,18-/m1/s1. The maximum Gasteiger partial charge on any atom is 0.408 e. The minimum absolute atomic E-state index is 0.262. The van der Waals surface area contributed by atoms with Crippen LogP contribution in [0.4, 0.5) is 9.18 Å². The Kier molecular flexibility index (Phi) is 4.08. The number of rotatable bonds is 2. The fraction of sp³-hybridized carbons (Fsp3) is 0.263. The van der Waals surface area contributed by atoms with Gasteiger partial charge in [0.15, 0.2) is 6.10 Å². The minimum Gasteiger partial charge on any atom is -0.439 e. The van der Waals surface area contributed by atoms with Crippen LogP contribution >= 0.6 is 0 Å². The van der Waals surface area contributed by atoms with Crippen LogP contribution in [0.2, 0.25) is 0 Å². The van der Waals surface area contributed by atoms with Gasteiger partial charge in [0.25, 0.3) is 0 Å². The molecule has 2 atom stereocenters. The summed E-state index contributed by atoms with van der Waals surface area (Å²) in [7, 11) is 0. The van der Waals surface area contributed by atoms with Crippen LogP contribution in [0.25, 0.3) is 0 Å². The molecule has 2 saturated heterocycles. The molecule has 0 bridgehead atoms. The minimum atomic E-state index is -0.617. The third-order valence-corrected chi connectivity index (χ3v) is 4.16. The summed E-state index contributed by atoms with van der Waals surface area (Å²) in [6, 6.07) is 7.46. The van der Waals surface area contributed by atoms with Crippen molar-refractivity contribution in [3.63, 3.8) is 0 Å². The third-order valence-electron chi connectivity index (χ3n) is 4.16. The van der Waals surface area contributed by atoms with Crippen LogP contribution in [-0.2, 0) is 9.47 Å². The number of halogens is 1. The van der Waals surface area contributed by atoms with Crippen molar-refractivity contribution in [2.24, 2.45) is 5.92 Å². The molecule has 3 heterocycles. The first kappa shape index (κ1) is 15.6. The lowest BCUT2D eigenvalue weighted by Crippen LogP contribution is -2.25. The number of nitrogens with zero attached hydrogens (tertiary/aromatic N) is 1. The van der Waals surface area contributed by atoms with Gasteiger partial charge in [-0.05, 0) is 29.3 Å². The van der Waals surface area contributed by atoms with Crippen molar-refractivity contribution in [2.45, 2.75) is 12.1 Å². The van der Waals surface area contributed by atoms with Crippen molar-refractivity contribution >= 4 is 6.09 Å². The number of cyclic esters (lactones) is 1. The Morgan fingerprint density at radius 3 is 2.84 bits per heavy atom. The third kappa shape index (κ3) is 3.32. The van der Waals surface area contributed by atoms with Crippen LogP contribution in [0.1, 0.15) is 28.8 Å². The number of carbonyl (C=O) groups excluding carboxylic acids is 1. The second kappa shape index (κ2) is 6.54. The highest BCUT2D eigenvalue weighted by Gasteiger charge is 2.36. The summed E-state index contributed by atoms with van der Waals surface area (Å²) in [5.74, 6) is 6.10. The predicted octanol–water partition coefficient (Wildman–Crippen LogP) is 2.74. The molecule has 126 valence electrons. The van der Waals surface area contributed by atoms with Crippen LogP contribution in [0, 0.1) is 23.6 Å². The lowest BCUT2D eigenvalue weighted by molar-refractivity contribution is -0.00300. The molecule has 0 aliphatic carbocycles. The summed E-state index contributed by atoms with van der Waals surface area (Å²) in [5, 5.41) is 2.76. The number of aromatic nitrogens is 1. The van der Waals surface area contributed by atoms with Crippen molar-refractivity contribution in [3.05, 3.63) is 65.2 Å². The average molecular weight is 338 g/mol. The number of carbonyl (C=O) groups is 1. The maximum atomic E-state index is 13.5. The second-order valence-corrected chi connectivity index (χ2v) is 6.01. The highest BCUT2D eigenvalue weighted by Crippen LogP contribution is 2.36. The molecule has 2 aromatic rings. The highest BCUT2D eigenvalue weighted by atomic mass is 19.1. The molecule has 0 unspecified atom stereocenters. The number of nitrogens with one attached hydrogen (secondary N) is 1. The van der Waals surface area contributed by atoms with E-state index in [2.05, 4.69) is 22.1 Å². The number of hydrogen-bond donors (Lipinski definition) is 1. The Labute approximate surface area is 144 Å². The van der Waals surface area contributed by atoms with E-state index in [1.54, 1.807) is 24.5 Å². The molecule has 1 N–H and O–H groups in total. The molecule has 0 spiro atoms. The Balaban J connectivity index is 1.62. The van der Waals surface area contributed by atoms with E-state index in [0.717, 1.165) is 11.1 Å². The first-order valence-corrected chi connectivity index (χ1v) is 7.96. The number of pyridine rings is 1. The van der Waals surface area contributed by atoms with Crippen LogP contribution in [0.3, 0.4) is 0 Å². The SMILES string of the molecule is O=C1N[C@H](c2cncc(C#CC3COC3)c2)[C@@H](c2cccc(F)c2)O1. The molecule has 1 aromatic heterocycles. The van der Waals surface area contributed by atoms with E-state index < -0.39 is 18.2 Å². The van der Waals surface area contributed by atoms with Gasteiger partial charge >= 0.3 is 6.09 Å². The summed E-state index contributed by atoms with van der Waals surface area (Å²) in [5.41, 5.74) is 2.10. The molecule has 25 heavy (non-hydrogen) atoms. The summed E-state index contributed by atoms with van der Waals surface area (Å²) < 4.78 is 24.0. The van der Waals surface area contributed by atoms with Gasteiger partial charge in [0, 0.05) is 18.0 Å². The van der Waals surface area contributed by atoms with Gasteiger partial charge in [0.2, 0.25) is 0 Å². The maximum absolute atomic E-state index is 13.5. The molecule has 2 aliphatic heterocycles. The summed E-state index contributed by atoms with van der Waals surface area (Å²) >= 11 is 0. The van der Waals surface area contributed by atoms with E-state index >= 15 is 0 Å². The van der Waals surface area contributed by atoms with Crippen LogP contribution in [0.5, 0.6) is 0 Å². The molecule has 0 saturated carbocycles. The highest BCUT2D eigenvalue weighted by molar-refractivity contribution is 5.71. The molecule has 2 fully saturated rings. The summed E-state index contributed by atoms with van der Waals surface area (Å²) in [6.07, 6.45) is 2.17. The molecule has 4 rings (SSSR count). The van der Waals surface area contributed by atoms with Gasteiger partial charge in [-0.3, -0.25) is 4.98 Å². The normalized spacial score (nSPS) is 22.4. The predicted molar refractivity (Wildman–Crippen MR) is 86.9 cm³/mol. The fourth-order valence-electron chi connectivity index (χ4n) is 2.82. The molecule has 1 aromatic carbocycles. The largest absolute Gasteiger partial charge is 0.439 e. The summed E-state index contributed by atoms with van der Waals surface area (Å²) in [6.45, 7) is 1.32. The number of benzene rings is 1. The Morgan fingerprint density at radius 2 is 2.08 bits per heavy atom. The number of hydrogen-bond acceptors (Lipinski definition) is 4. The lowest BCUT2D eigenvalue weighted by atomic mass is 9.96. The summed E-state index contributed by atoms with van der Waals surface area (Å²) in [4.78, 5) is 16.0. The van der Waals surface area contributed by atoms with E-state index in [0.29, 0.717) is 18.8 Å². The Bertz CT molecular complexity index is 870. The zero-order valence-electron chi connectivity index (χ0n) is 13.2. The molecular weight excluding hydrogens is 323 g/mol. The van der Waals surface area contributed by atoms with E-state index in [1.165, 1.54) is 12.1 Å². The fourth-order valence-corrected chi connectivity index (χ4v) is 2.82. The number of amides is 1. The van der Waals surface area contributed by atoms with Crippen LogP contribution in [0.15, 0.2) is 42.7 Å². The molecule has 5 nitrogen and oxygen atoms in total. The van der Waals surface area contributed by atoms with Crippen molar-refractivity contribution in [1.82, 2.24) is 10.3 Å². The van der Waals surface area contributed by atoms with Crippen molar-refractivity contribution in [2.75, 3.05) is 13.2 Å². The van der Waals surface area contributed by atoms with Crippen molar-refractivity contribution in [1.29, 1.82) is 0 Å². The molecule has 0 radical (unpaired) electrons. The molecule has 2 aliphatic rings. The first-order chi connectivity index (χ1) is 12.2. The van der Waals surface area contributed by atoms with Gasteiger partial charge in [-0.25, -0.2) is 9.18 Å². The van der Waals surface area contributed by atoms with Gasteiger partial charge in [-0.2, -0.15) is 0 Å². The van der Waals surface area contributed by atoms with E-state index in [1.807, 2.05) is 6.07 Å². The topological polar surface area (TPSA) is 60.5 Å². The van der Waals surface area contributed by atoms with E-state index in [9.17, 15) is 9.18 Å². The quantitative estimate of drug-likeness (QED) is 0.856. The van der Waals surface area contributed by atoms with E-state index in [4.69, 9.17) is 9.47 Å². The van der Waals surface area contributed by atoms with Gasteiger partial charge in [-0.1, -0.05) is 24.0 Å². The van der Waals surface area contributed by atoms with Gasteiger partial charge in [0.1, 0.15) is 11.9 Å². The second-order valence-electron chi connectivity index (χ2n) is 6.01. The number of ether oxygens (including phenoxy) is 2. The van der Waals surface area contributed by atoms with Gasteiger partial charge < -0.3 is 14.8 Å². The smallest absolute Gasteiger partial charge is 0.408 e. The van der Waals surface area contributed by atoms with Gasteiger partial charge in [-0.15, -0.1) is 0 Å². The molecule has 1 amide bonds. The lowest BCUT2D eigenvalue weighted by Gasteiger charge is -2.20. The van der Waals surface area contributed by atoms with Crippen LogP contribution in [-0.4, -0.2) is 24.3 Å².